The third kappa shape index (κ3) is 2.81. The van der Waals surface area contributed by atoms with Crippen LogP contribution in [-0.2, 0) is 13.5 Å². The summed E-state index contributed by atoms with van der Waals surface area (Å²) < 4.78 is 1.68. The summed E-state index contributed by atoms with van der Waals surface area (Å²) in [6.45, 7) is 6.05. The fraction of sp³-hybridized carbons (Fsp3) is 0.636. The minimum absolute atomic E-state index is 0.0192. The monoisotopic (exact) mass is 209 g/mol. The molecule has 0 fully saturated rings. The standard InChI is InChI=1S/C11H19N3O/c1-5-8(3)12-11(15)9-7-14(4)13-10(9)6-2/h7-8H,5-6H2,1-4H3,(H,12,15). The van der Waals surface area contributed by atoms with Crippen LogP contribution < -0.4 is 5.32 Å². The van der Waals surface area contributed by atoms with E-state index in [0.29, 0.717) is 5.56 Å². The Morgan fingerprint density at radius 1 is 1.60 bits per heavy atom. The largest absolute Gasteiger partial charge is 0.349 e. The second kappa shape index (κ2) is 4.96. The summed E-state index contributed by atoms with van der Waals surface area (Å²) in [5.74, 6) is -0.0192. The normalized spacial score (nSPS) is 12.5. The number of nitrogens with one attached hydrogen (secondary N) is 1. The molecule has 0 saturated carbocycles. The molecule has 1 amide bonds. The number of nitrogens with zero attached hydrogens (tertiary/aromatic N) is 2. The van der Waals surface area contributed by atoms with Crippen LogP contribution in [0.2, 0.25) is 0 Å². The Hall–Kier alpha value is -1.32. The van der Waals surface area contributed by atoms with Crippen LogP contribution in [0.15, 0.2) is 6.20 Å². The van der Waals surface area contributed by atoms with Crippen molar-refractivity contribution in [1.29, 1.82) is 0 Å². The van der Waals surface area contributed by atoms with Gasteiger partial charge in [-0.3, -0.25) is 9.48 Å². The van der Waals surface area contributed by atoms with E-state index in [9.17, 15) is 4.79 Å². The number of amides is 1. The zero-order chi connectivity index (χ0) is 11.4. The maximum absolute atomic E-state index is 11.8. The number of hydrogen-bond acceptors (Lipinski definition) is 2. The van der Waals surface area contributed by atoms with Gasteiger partial charge >= 0.3 is 0 Å². The first-order valence-electron chi connectivity index (χ1n) is 5.41. The van der Waals surface area contributed by atoms with E-state index in [2.05, 4.69) is 17.3 Å². The van der Waals surface area contributed by atoms with Crippen LogP contribution in [0.3, 0.4) is 0 Å². The molecule has 4 nitrogen and oxygen atoms in total. The quantitative estimate of drug-likeness (QED) is 0.817. The van der Waals surface area contributed by atoms with E-state index >= 15 is 0 Å². The van der Waals surface area contributed by atoms with E-state index in [4.69, 9.17) is 0 Å². The number of carbonyl (C=O) groups excluding carboxylic acids is 1. The van der Waals surface area contributed by atoms with Gasteiger partial charge in [0.25, 0.3) is 5.91 Å². The average molecular weight is 209 g/mol. The Labute approximate surface area is 90.7 Å². The van der Waals surface area contributed by atoms with Crippen molar-refractivity contribution in [3.05, 3.63) is 17.5 Å². The highest BCUT2D eigenvalue weighted by Crippen LogP contribution is 2.07. The van der Waals surface area contributed by atoms with Gasteiger partial charge in [0.05, 0.1) is 11.3 Å². The maximum Gasteiger partial charge on any atom is 0.254 e. The molecule has 0 bridgehead atoms. The van der Waals surface area contributed by atoms with E-state index in [1.54, 1.807) is 10.9 Å². The lowest BCUT2D eigenvalue weighted by atomic mass is 10.2. The molecule has 1 aromatic heterocycles. The van der Waals surface area contributed by atoms with Crippen molar-refractivity contribution in [2.24, 2.45) is 7.05 Å². The van der Waals surface area contributed by atoms with E-state index < -0.39 is 0 Å². The summed E-state index contributed by atoms with van der Waals surface area (Å²) in [6, 6.07) is 0.211. The van der Waals surface area contributed by atoms with Gasteiger partial charge in [-0.2, -0.15) is 5.10 Å². The molecule has 84 valence electrons. The first-order chi connectivity index (χ1) is 7.08. The highest BCUT2D eigenvalue weighted by atomic mass is 16.1. The minimum Gasteiger partial charge on any atom is -0.349 e. The SMILES string of the molecule is CCc1nn(C)cc1C(=O)NC(C)CC. The van der Waals surface area contributed by atoms with Gasteiger partial charge < -0.3 is 5.32 Å². The Balaban J connectivity index is 2.81. The molecule has 1 N–H and O–H groups in total. The van der Waals surface area contributed by atoms with Gasteiger partial charge in [0, 0.05) is 19.3 Å². The first kappa shape index (κ1) is 11.8. The summed E-state index contributed by atoms with van der Waals surface area (Å²) >= 11 is 0. The highest BCUT2D eigenvalue weighted by molar-refractivity contribution is 5.95. The number of hydrogen-bond donors (Lipinski definition) is 1. The summed E-state index contributed by atoms with van der Waals surface area (Å²) in [6.07, 6.45) is 3.49. The van der Waals surface area contributed by atoms with E-state index in [1.165, 1.54) is 0 Å². The molecule has 1 aromatic rings. The van der Waals surface area contributed by atoms with Crippen LogP contribution in [0.1, 0.15) is 43.2 Å². The first-order valence-corrected chi connectivity index (χ1v) is 5.41. The molecule has 4 heteroatoms. The smallest absolute Gasteiger partial charge is 0.254 e. The molecule has 1 heterocycles. The number of aryl methyl sites for hydroxylation is 2. The molecular weight excluding hydrogens is 190 g/mol. The Kier molecular flexibility index (Phi) is 3.88. The fourth-order valence-corrected chi connectivity index (χ4v) is 1.39. The van der Waals surface area contributed by atoms with Crippen LogP contribution in [0.25, 0.3) is 0 Å². The lowest BCUT2D eigenvalue weighted by Gasteiger charge is -2.10. The molecule has 15 heavy (non-hydrogen) atoms. The highest BCUT2D eigenvalue weighted by Gasteiger charge is 2.15. The zero-order valence-corrected chi connectivity index (χ0v) is 9.87. The lowest BCUT2D eigenvalue weighted by Crippen LogP contribution is -2.32. The molecule has 0 saturated heterocycles. The number of carbonyl (C=O) groups is 1. The molecule has 0 aliphatic carbocycles. The minimum atomic E-state index is -0.0192. The molecule has 0 aromatic carbocycles. The van der Waals surface area contributed by atoms with Crippen molar-refractivity contribution >= 4 is 5.91 Å². The van der Waals surface area contributed by atoms with Crippen LogP contribution >= 0.6 is 0 Å². The molecule has 1 atom stereocenters. The zero-order valence-electron chi connectivity index (χ0n) is 9.87. The third-order valence-electron chi connectivity index (χ3n) is 2.47. The van der Waals surface area contributed by atoms with Crippen molar-refractivity contribution in [1.82, 2.24) is 15.1 Å². The summed E-state index contributed by atoms with van der Waals surface area (Å²) in [4.78, 5) is 11.8. The van der Waals surface area contributed by atoms with Crippen molar-refractivity contribution < 1.29 is 4.79 Å². The summed E-state index contributed by atoms with van der Waals surface area (Å²) in [7, 11) is 1.83. The molecule has 1 unspecified atom stereocenters. The van der Waals surface area contributed by atoms with Crippen LogP contribution in [0, 0.1) is 0 Å². The second-order valence-electron chi connectivity index (χ2n) is 3.80. The Morgan fingerprint density at radius 3 is 2.80 bits per heavy atom. The van der Waals surface area contributed by atoms with Crippen LogP contribution in [-0.4, -0.2) is 21.7 Å². The molecule has 0 radical (unpaired) electrons. The van der Waals surface area contributed by atoms with Gasteiger partial charge in [0.15, 0.2) is 0 Å². The van der Waals surface area contributed by atoms with Crippen molar-refractivity contribution in [3.63, 3.8) is 0 Å². The van der Waals surface area contributed by atoms with Crippen LogP contribution in [0.5, 0.6) is 0 Å². The van der Waals surface area contributed by atoms with Gasteiger partial charge in [-0.05, 0) is 19.8 Å². The van der Waals surface area contributed by atoms with E-state index in [0.717, 1.165) is 18.5 Å². The molecule has 1 rings (SSSR count). The third-order valence-corrected chi connectivity index (χ3v) is 2.47. The van der Waals surface area contributed by atoms with E-state index in [-0.39, 0.29) is 11.9 Å². The van der Waals surface area contributed by atoms with Gasteiger partial charge in [-0.1, -0.05) is 13.8 Å². The van der Waals surface area contributed by atoms with E-state index in [1.807, 2.05) is 20.9 Å². The molecule has 0 spiro atoms. The predicted octanol–water partition coefficient (Wildman–Crippen LogP) is 1.51. The van der Waals surface area contributed by atoms with Gasteiger partial charge in [-0.15, -0.1) is 0 Å². The molecular formula is C11H19N3O. The summed E-state index contributed by atoms with van der Waals surface area (Å²) in [5.41, 5.74) is 1.55. The Morgan fingerprint density at radius 2 is 2.27 bits per heavy atom. The molecule has 0 aliphatic rings. The van der Waals surface area contributed by atoms with Crippen molar-refractivity contribution in [2.75, 3.05) is 0 Å². The van der Waals surface area contributed by atoms with Crippen LogP contribution in [0.4, 0.5) is 0 Å². The van der Waals surface area contributed by atoms with Gasteiger partial charge in [0.2, 0.25) is 0 Å². The lowest BCUT2D eigenvalue weighted by molar-refractivity contribution is 0.0938. The Bertz CT molecular complexity index is 344. The maximum atomic E-state index is 11.8. The van der Waals surface area contributed by atoms with Gasteiger partial charge in [-0.25, -0.2) is 0 Å². The average Bonchev–Trinajstić information content (AvgIpc) is 2.59. The topological polar surface area (TPSA) is 46.9 Å². The fourth-order valence-electron chi connectivity index (χ4n) is 1.39. The van der Waals surface area contributed by atoms with Gasteiger partial charge in [0.1, 0.15) is 0 Å². The second-order valence-corrected chi connectivity index (χ2v) is 3.80. The van der Waals surface area contributed by atoms with Crippen molar-refractivity contribution in [3.8, 4) is 0 Å². The number of rotatable bonds is 4. The molecule has 0 aliphatic heterocycles. The summed E-state index contributed by atoms with van der Waals surface area (Å²) in [5, 5.41) is 7.18. The number of aromatic nitrogens is 2. The predicted molar refractivity (Wildman–Crippen MR) is 59.8 cm³/mol. The van der Waals surface area contributed by atoms with Crippen molar-refractivity contribution in [2.45, 2.75) is 39.7 Å².